The van der Waals surface area contributed by atoms with Crippen LogP contribution < -0.4 is 34.3 Å². The molecular formula is C14H14ClN2NaO. The second kappa shape index (κ2) is 6.23. The molecule has 1 heterocycles. The Hall–Kier alpha value is -0.610. The van der Waals surface area contributed by atoms with Crippen molar-refractivity contribution in [1.29, 1.82) is 0 Å². The van der Waals surface area contributed by atoms with Gasteiger partial charge in [0.25, 0.3) is 0 Å². The van der Waals surface area contributed by atoms with Gasteiger partial charge in [-0.15, -0.1) is 10.2 Å². The Morgan fingerprint density at radius 3 is 2.63 bits per heavy atom. The molecule has 2 aromatic rings. The van der Waals surface area contributed by atoms with Crippen molar-refractivity contribution in [1.82, 2.24) is 10.2 Å². The predicted molar refractivity (Wildman–Crippen MR) is 71.4 cm³/mol. The maximum Gasteiger partial charge on any atom is 1.00 e. The van der Waals surface area contributed by atoms with Crippen LogP contribution in [0.25, 0.3) is 0 Å². The van der Waals surface area contributed by atoms with Gasteiger partial charge in [-0.25, -0.2) is 0 Å². The van der Waals surface area contributed by atoms with Crippen LogP contribution in [0.4, 0.5) is 0 Å². The minimum Gasteiger partial charge on any atom is -1.00 e. The zero-order valence-electron chi connectivity index (χ0n) is 12.1. The number of aromatic nitrogens is 2. The predicted octanol–water partition coefficient (Wildman–Crippen LogP) is 1.22. The van der Waals surface area contributed by atoms with Gasteiger partial charge in [0.15, 0.2) is 5.15 Å². The monoisotopic (exact) mass is 284 g/mol. The summed E-state index contributed by atoms with van der Waals surface area (Å²) in [7, 11) is 0. The third-order valence-corrected chi connectivity index (χ3v) is 3.28. The molecule has 3 rings (SSSR count). The summed E-state index contributed by atoms with van der Waals surface area (Å²) in [5, 5.41) is 8.09. The van der Waals surface area contributed by atoms with E-state index in [1.165, 1.54) is 18.4 Å². The van der Waals surface area contributed by atoms with Gasteiger partial charge in [0.1, 0.15) is 5.75 Å². The fourth-order valence-electron chi connectivity index (χ4n) is 1.99. The summed E-state index contributed by atoms with van der Waals surface area (Å²) in [5.41, 5.74) is 2.39. The third kappa shape index (κ3) is 3.48. The molecule has 0 N–H and O–H groups in total. The zero-order valence-corrected chi connectivity index (χ0v) is 13.8. The fraction of sp³-hybridized carbons (Fsp3) is 0.286. The molecule has 1 fully saturated rings. The summed E-state index contributed by atoms with van der Waals surface area (Å²) in [6.07, 6.45) is 2.48. The van der Waals surface area contributed by atoms with Crippen LogP contribution in [-0.4, -0.2) is 10.2 Å². The van der Waals surface area contributed by atoms with E-state index in [4.69, 9.17) is 16.3 Å². The number of hydrogen-bond acceptors (Lipinski definition) is 3. The molecule has 0 atom stereocenters. The molecule has 0 unspecified atom stereocenters. The molecule has 1 aromatic heterocycles. The summed E-state index contributed by atoms with van der Waals surface area (Å²) in [4.78, 5) is 0. The summed E-state index contributed by atoms with van der Waals surface area (Å²) < 4.78 is 5.86. The Kier molecular flexibility index (Phi) is 4.85. The molecule has 3 nitrogen and oxygen atoms in total. The van der Waals surface area contributed by atoms with Crippen LogP contribution >= 0.6 is 11.6 Å². The normalized spacial score (nSPS) is 13.8. The van der Waals surface area contributed by atoms with E-state index in [2.05, 4.69) is 22.3 Å². The number of hydrogen-bond donors (Lipinski definition) is 0. The molecule has 0 aliphatic heterocycles. The van der Waals surface area contributed by atoms with Crippen molar-refractivity contribution in [3.63, 3.8) is 0 Å². The van der Waals surface area contributed by atoms with Crippen molar-refractivity contribution in [3.05, 3.63) is 46.6 Å². The molecule has 1 aliphatic carbocycles. The van der Waals surface area contributed by atoms with Crippen molar-refractivity contribution >= 4 is 11.6 Å². The number of ether oxygens (including phenoxy) is 1. The summed E-state index contributed by atoms with van der Waals surface area (Å²) in [6.45, 7) is 2.05. The number of halogens is 1. The number of para-hydroxylation sites is 1. The maximum atomic E-state index is 5.86. The van der Waals surface area contributed by atoms with Crippen molar-refractivity contribution < 1.29 is 35.7 Å². The number of benzene rings is 1. The number of aryl methyl sites for hydroxylation is 1. The Balaban J connectivity index is 0.000001000. The van der Waals surface area contributed by atoms with Crippen molar-refractivity contribution in [2.24, 2.45) is 0 Å². The van der Waals surface area contributed by atoms with Gasteiger partial charge in [-0.05, 0) is 42.9 Å². The fourth-order valence-corrected chi connectivity index (χ4v) is 2.09. The van der Waals surface area contributed by atoms with Crippen LogP contribution in [0.2, 0.25) is 5.15 Å². The Bertz CT molecular complexity index is 576. The molecule has 1 saturated carbocycles. The zero-order chi connectivity index (χ0) is 12.5. The molecule has 94 valence electrons. The average molecular weight is 285 g/mol. The molecule has 0 bridgehead atoms. The minimum atomic E-state index is 0. The molecule has 0 amide bonds. The van der Waals surface area contributed by atoms with E-state index in [0.717, 1.165) is 11.3 Å². The van der Waals surface area contributed by atoms with E-state index in [1.54, 1.807) is 12.1 Å². The van der Waals surface area contributed by atoms with Crippen LogP contribution in [0.15, 0.2) is 30.3 Å². The van der Waals surface area contributed by atoms with E-state index in [0.29, 0.717) is 17.0 Å². The van der Waals surface area contributed by atoms with Crippen LogP contribution in [-0.2, 0) is 0 Å². The molecule has 5 heteroatoms. The van der Waals surface area contributed by atoms with Gasteiger partial charge in [0.05, 0.1) is 0 Å². The standard InChI is InChI=1S/C14H13ClN2O.Na.H/c1-9-3-2-4-11(10-5-6-10)14(9)18-13-8-7-12(15)16-17-13;;/h2-4,7-8,10H,5-6H2,1H3;;/q;+1;-1. The number of nitrogens with zero attached hydrogens (tertiary/aromatic N) is 2. The molecule has 1 aliphatic rings. The van der Waals surface area contributed by atoms with Crippen molar-refractivity contribution in [2.45, 2.75) is 25.7 Å². The second-order valence-corrected chi connectivity index (χ2v) is 4.95. The number of rotatable bonds is 3. The van der Waals surface area contributed by atoms with Gasteiger partial charge in [-0.2, -0.15) is 0 Å². The SMILES string of the molecule is Cc1cccc(C2CC2)c1Oc1ccc(Cl)nn1.[H-].[Na+]. The maximum absolute atomic E-state index is 5.86. The molecule has 0 saturated heterocycles. The largest absolute Gasteiger partial charge is 1.00 e. The van der Waals surface area contributed by atoms with E-state index >= 15 is 0 Å². The molecular weight excluding hydrogens is 271 g/mol. The van der Waals surface area contributed by atoms with E-state index in [1.807, 2.05) is 13.0 Å². The van der Waals surface area contributed by atoms with Gasteiger partial charge in [0.2, 0.25) is 5.88 Å². The Morgan fingerprint density at radius 2 is 2.00 bits per heavy atom. The summed E-state index contributed by atoms with van der Waals surface area (Å²) >= 11 is 5.71. The van der Waals surface area contributed by atoms with Gasteiger partial charge in [-0.3, -0.25) is 0 Å². The Labute approximate surface area is 141 Å². The van der Waals surface area contributed by atoms with Gasteiger partial charge >= 0.3 is 29.6 Å². The van der Waals surface area contributed by atoms with E-state index < -0.39 is 0 Å². The summed E-state index contributed by atoms with van der Waals surface area (Å²) in [6, 6.07) is 9.66. The molecule has 1 aromatic carbocycles. The van der Waals surface area contributed by atoms with Gasteiger partial charge < -0.3 is 6.16 Å². The molecule has 0 spiro atoms. The van der Waals surface area contributed by atoms with Gasteiger partial charge in [-0.1, -0.05) is 29.8 Å². The van der Waals surface area contributed by atoms with E-state index in [9.17, 15) is 0 Å². The smallest absolute Gasteiger partial charge is 1.00 e. The van der Waals surface area contributed by atoms with Crippen molar-refractivity contribution in [3.8, 4) is 11.6 Å². The van der Waals surface area contributed by atoms with E-state index in [-0.39, 0.29) is 31.0 Å². The molecule has 19 heavy (non-hydrogen) atoms. The van der Waals surface area contributed by atoms with Crippen LogP contribution in [0.3, 0.4) is 0 Å². The first-order valence-corrected chi connectivity index (χ1v) is 6.38. The third-order valence-electron chi connectivity index (χ3n) is 3.07. The topological polar surface area (TPSA) is 35.0 Å². The average Bonchev–Trinajstić information content (AvgIpc) is 3.18. The van der Waals surface area contributed by atoms with Crippen molar-refractivity contribution in [2.75, 3.05) is 0 Å². The Morgan fingerprint density at radius 1 is 1.21 bits per heavy atom. The van der Waals surface area contributed by atoms with Crippen LogP contribution in [0.1, 0.15) is 31.3 Å². The molecule has 0 radical (unpaired) electrons. The van der Waals surface area contributed by atoms with Gasteiger partial charge in [0, 0.05) is 6.07 Å². The first-order chi connectivity index (χ1) is 8.74. The summed E-state index contributed by atoms with van der Waals surface area (Å²) in [5.74, 6) is 2.03. The second-order valence-electron chi connectivity index (χ2n) is 4.56. The van der Waals surface area contributed by atoms with Crippen LogP contribution in [0.5, 0.6) is 11.6 Å². The quantitative estimate of drug-likeness (QED) is 0.795. The minimum absolute atomic E-state index is 0. The van der Waals surface area contributed by atoms with Crippen LogP contribution in [0, 0.1) is 6.92 Å². The first kappa shape index (κ1) is 14.8. The first-order valence-electron chi connectivity index (χ1n) is 6.00.